The average molecular weight is 211 g/mol. The van der Waals surface area contributed by atoms with Gasteiger partial charge in [-0.2, -0.15) is 0 Å². The van der Waals surface area contributed by atoms with Crippen LogP contribution in [0, 0.1) is 12.7 Å². The van der Waals surface area contributed by atoms with E-state index in [-0.39, 0.29) is 11.0 Å². The van der Waals surface area contributed by atoms with E-state index in [1.807, 2.05) is 0 Å². The Kier molecular flexibility index (Phi) is 2.71. The van der Waals surface area contributed by atoms with E-state index in [9.17, 15) is 8.60 Å². The van der Waals surface area contributed by atoms with Crippen LogP contribution >= 0.6 is 11.6 Å². The molecule has 1 aromatic heterocycles. The first-order valence-electron chi connectivity index (χ1n) is 2.83. The first-order chi connectivity index (χ1) is 5.52. The molecule has 0 aliphatic heterocycles. The minimum Gasteiger partial charge on any atom is -0.301 e. The van der Waals surface area contributed by atoms with Gasteiger partial charge >= 0.3 is 0 Å². The highest BCUT2D eigenvalue weighted by Gasteiger charge is 2.14. The molecular formula is C5H4ClFN2O2S. The highest BCUT2D eigenvalue weighted by Crippen LogP contribution is 2.13. The summed E-state index contributed by atoms with van der Waals surface area (Å²) in [6.07, 6.45) is 0. The summed E-state index contributed by atoms with van der Waals surface area (Å²) in [6, 6.07) is 0. The molecule has 0 bridgehead atoms. The molecule has 4 nitrogen and oxygen atoms in total. The van der Waals surface area contributed by atoms with E-state index >= 15 is 0 Å². The van der Waals surface area contributed by atoms with Crippen molar-refractivity contribution in [1.82, 2.24) is 9.97 Å². The standard InChI is InChI=1S/C5H4ClFN2O2S/c1-2-3(7)4(12(10)11)9-5(6)8-2/h1H3,(H,10,11). The van der Waals surface area contributed by atoms with Gasteiger partial charge in [-0.1, -0.05) is 0 Å². The second-order valence-electron chi connectivity index (χ2n) is 1.95. The van der Waals surface area contributed by atoms with Crippen LogP contribution in [0.5, 0.6) is 0 Å². The molecule has 0 aliphatic rings. The number of hydrogen-bond donors (Lipinski definition) is 1. The third-order valence-corrected chi connectivity index (χ3v) is 1.89. The molecule has 1 rings (SSSR count). The zero-order chi connectivity index (χ0) is 9.30. The molecule has 0 aliphatic carbocycles. The number of rotatable bonds is 1. The van der Waals surface area contributed by atoms with E-state index in [0.29, 0.717) is 0 Å². The van der Waals surface area contributed by atoms with Gasteiger partial charge in [-0.3, -0.25) is 0 Å². The van der Waals surface area contributed by atoms with Crippen LogP contribution in [0.3, 0.4) is 0 Å². The van der Waals surface area contributed by atoms with E-state index in [2.05, 4.69) is 9.97 Å². The minimum atomic E-state index is -2.47. The Morgan fingerprint density at radius 1 is 1.58 bits per heavy atom. The Morgan fingerprint density at radius 2 is 2.17 bits per heavy atom. The second kappa shape index (κ2) is 3.42. The Labute approximate surface area is 75.1 Å². The van der Waals surface area contributed by atoms with Crippen LogP contribution in [-0.2, 0) is 11.1 Å². The molecule has 1 aromatic rings. The summed E-state index contributed by atoms with van der Waals surface area (Å²) in [5, 5.41) is -0.834. The fourth-order valence-corrected chi connectivity index (χ4v) is 1.34. The van der Waals surface area contributed by atoms with Crippen molar-refractivity contribution < 1.29 is 13.2 Å². The topological polar surface area (TPSA) is 63.1 Å². The number of aromatic nitrogens is 2. The number of halogens is 2. The van der Waals surface area contributed by atoms with Gasteiger partial charge in [0.1, 0.15) is 0 Å². The average Bonchev–Trinajstić information content (AvgIpc) is 1.96. The maximum atomic E-state index is 12.9. The van der Waals surface area contributed by atoms with Gasteiger partial charge in [0.2, 0.25) is 16.4 Å². The third-order valence-electron chi connectivity index (χ3n) is 1.12. The lowest BCUT2D eigenvalue weighted by atomic mass is 10.4. The molecular weight excluding hydrogens is 207 g/mol. The van der Waals surface area contributed by atoms with Crippen LogP contribution in [0.25, 0.3) is 0 Å². The van der Waals surface area contributed by atoms with Crippen molar-refractivity contribution in [3.05, 3.63) is 16.8 Å². The Morgan fingerprint density at radius 3 is 2.67 bits per heavy atom. The molecule has 66 valence electrons. The lowest BCUT2D eigenvalue weighted by molar-refractivity contribution is 0.524. The smallest absolute Gasteiger partial charge is 0.224 e. The third kappa shape index (κ3) is 1.77. The van der Waals surface area contributed by atoms with Crippen molar-refractivity contribution >= 4 is 22.7 Å². The first kappa shape index (κ1) is 9.50. The fourth-order valence-electron chi connectivity index (χ4n) is 0.616. The van der Waals surface area contributed by atoms with E-state index in [4.69, 9.17) is 16.2 Å². The van der Waals surface area contributed by atoms with Gasteiger partial charge in [0.05, 0.1) is 5.69 Å². The summed E-state index contributed by atoms with van der Waals surface area (Å²) in [5.74, 6) is -0.903. The van der Waals surface area contributed by atoms with Crippen LogP contribution in [0.15, 0.2) is 5.03 Å². The molecule has 12 heavy (non-hydrogen) atoms. The molecule has 0 aromatic carbocycles. The molecule has 1 N–H and O–H groups in total. The molecule has 0 saturated heterocycles. The number of hydrogen-bond acceptors (Lipinski definition) is 3. The van der Waals surface area contributed by atoms with Gasteiger partial charge in [0, 0.05) is 0 Å². The van der Waals surface area contributed by atoms with E-state index in [0.717, 1.165) is 0 Å². The summed E-state index contributed by atoms with van der Waals surface area (Å²) in [5.41, 5.74) is -0.0487. The van der Waals surface area contributed by atoms with Crippen LogP contribution in [0.2, 0.25) is 5.28 Å². The van der Waals surface area contributed by atoms with Crippen LogP contribution < -0.4 is 0 Å². The van der Waals surface area contributed by atoms with Crippen LogP contribution in [0.1, 0.15) is 5.69 Å². The molecule has 0 amide bonds. The van der Waals surface area contributed by atoms with Crippen molar-refractivity contribution in [3.63, 3.8) is 0 Å². The molecule has 1 atom stereocenters. The molecule has 1 heterocycles. The SMILES string of the molecule is Cc1nc(Cl)nc(S(=O)O)c1F. The van der Waals surface area contributed by atoms with Crippen LogP contribution in [-0.4, -0.2) is 18.7 Å². The molecule has 0 saturated carbocycles. The zero-order valence-corrected chi connectivity index (χ0v) is 7.49. The van der Waals surface area contributed by atoms with Crippen LogP contribution in [0.4, 0.5) is 4.39 Å². The lowest BCUT2D eigenvalue weighted by Crippen LogP contribution is -2.02. The van der Waals surface area contributed by atoms with Gasteiger partial charge in [0.15, 0.2) is 10.8 Å². The predicted molar refractivity (Wildman–Crippen MR) is 40.8 cm³/mol. The molecule has 7 heteroatoms. The van der Waals surface area contributed by atoms with E-state index < -0.39 is 21.9 Å². The van der Waals surface area contributed by atoms with Crippen molar-refractivity contribution in [1.29, 1.82) is 0 Å². The number of aryl methyl sites for hydroxylation is 1. The maximum Gasteiger partial charge on any atom is 0.224 e. The summed E-state index contributed by atoms with van der Waals surface area (Å²) < 4.78 is 31.9. The summed E-state index contributed by atoms with van der Waals surface area (Å²) in [6.45, 7) is 1.33. The monoisotopic (exact) mass is 210 g/mol. The van der Waals surface area contributed by atoms with Crippen molar-refractivity contribution in [2.45, 2.75) is 11.9 Å². The maximum absolute atomic E-state index is 12.9. The van der Waals surface area contributed by atoms with Gasteiger partial charge in [0.25, 0.3) is 0 Å². The Hall–Kier alpha value is -0.590. The van der Waals surface area contributed by atoms with Gasteiger partial charge in [-0.05, 0) is 18.5 Å². The molecule has 0 spiro atoms. The normalized spacial score (nSPS) is 13.0. The molecule has 0 radical (unpaired) electrons. The second-order valence-corrected chi connectivity index (χ2v) is 3.17. The van der Waals surface area contributed by atoms with Gasteiger partial charge in [-0.15, -0.1) is 0 Å². The Bertz CT molecular complexity index is 346. The Balaban J connectivity index is 3.37. The van der Waals surface area contributed by atoms with Gasteiger partial charge in [-0.25, -0.2) is 18.6 Å². The zero-order valence-electron chi connectivity index (χ0n) is 5.91. The van der Waals surface area contributed by atoms with Crippen molar-refractivity contribution in [2.75, 3.05) is 0 Å². The lowest BCUT2D eigenvalue weighted by Gasteiger charge is -1.99. The number of nitrogens with zero attached hydrogens (tertiary/aromatic N) is 2. The van der Waals surface area contributed by atoms with E-state index in [1.165, 1.54) is 6.92 Å². The van der Waals surface area contributed by atoms with Crippen molar-refractivity contribution in [2.24, 2.45) is 0 Å². The summed E-state index contributed by atoms with van der Waals surface area (Å²) in [4.78, 5) is 6.71. The molecule has 0 fully saturated rings. The minimum absolute atomic E-state index is 0.0487. The quantitative estimate of drug-likeness (QED) is 0.429. The highest BCUT2D eigenvalue weighted by molar-refractivity contribution is 7.79. The van der Waals surface area contributed by atoms with Crippen molar-refractivity contribution in [3.8, 4) is 0 Å². The fraction of sp³-hybridized carbons (Fsp3) is 0.200. The highest BCUT2D eigenvalue weighted by atomic mass is 35.5. The largest absolute Gasteiger partial charge is 0.301 e. The predicted octanol–water partition coefficient (Wildman–Crippen LogP) is 1.16. The first-order valence-corrected chi connectivity index (χ1v) is 4.31. The summed E-state index contributed by atoms with van der Waals surface area (Å²) >= 11 is 2.86. The van der Waals surface area contributed by atoms with E-state index in [1.54, 1.807) is 0 Å². The molecule has 1 unspecified atom stereocenters. The summed E-state index contributed by atoms with van der Waals surface area (Å²) in [7, 11) is 0. The van der Waals surface area contributed by atoms with Gasteiger partial charge < -0.3 is 4.55 Å².